The summed E-state index contributed by atoms with van der Waals surface area (Å²) in [5, 5.41) is 5.39. The molecule has 0 unspecified atom stereocenters. The van der Waals surface area contributed by atoms with Crippen LogP contribution < -0.4 is 26.0 Å². The lowest BCUT2D eigenvalue weighted by Gasteiger charge is -2.22. The molecule has 4 aromatic rings. The van der Waals surface area contributed by atoms with Crippen LogP contribution in [-0.4, -0.2) is 41.0 Å². The van der Waals surface area contributed by atoms with Gasteiger partial charge in [-0.05, 0) is 74.8 Å². The van der Waals surface area contributed by atoms with Crippen LogP contribution in [0.3, 0.4) is 0 Å². The van der Waals surface area contributed by atoms with E-state index in [4.69, 9.17) is 4.74 Å². The van der Waals surface area contributed by atoms with E-state index in [1.165, 1.54) is 7.11 Å². The van der Waals surface area contributed by atoms with Crippen molar-refractivity contribution in [1.29, 1.82) is 0 Å². The van der Waals surface area contributed by atoms with Gasteiger partial charge in [0, 0.05) is 47.2 Å². The number of likely N-dealkylation sites (tertiary alicyclic amines) is 1. The maximum atomic E-state index is 13.8. The Balaban J connectivity index is 1.28. The van der Waals surface area contributed by atoms with Crippen molar-refractivity contribution in [1.82, 2.24) is 25.8 Å². The van der Waals surface area contributed by atoms with Crippen LogP contribution in [0.1, 0.15) is 45.5 Å². The minimum atomic E-state index is -4.58. The number of anilines is 2. The number of aromatic nitrogens is 2. The fraction of sp³-hybridized carbons (Fsp3) is 0.267. The van der Waals surface area contributed by atoms with Crippen LogP contribution in [0.15, 0.2) is 61.1 Å². The number of hydrogen-bond acceptors (Lipinski definition) is 7. The van der Waals surface area contributed by atoms with E-state index >= 15 is 0 Å². The molecule has 2 aromatic carbocycles. The third kappa shape index (κ3) is 5.50. The highest BCUT2D eigenvalue weighted by Crippen LogP contribution is 2.39. The SMILES string of the molecule is COc1c(CN2CCCC2)cc(C(F)(F)F)cc1NC(=O)c1ccc(C)c(N2C=C(c3cnc4[nH]ccc4c3)NN2)c1. The lowest BCUT2D eigenvalue weighted by atomic mass is 10.1. The van der Waals surface area contributed by atoms with Gasteiger partial charge in [-0.2, -0.15) is 13.2 Å². The zero-order valence-corrected chi connectivity index (χ0v) is 23.1. The van der Waals surface area contributed by atoms with Crippen LogP contribution in [0.4, 0.5) is 24.5 Å². The van der Waals surface area contributed by atoms with Crippen LogP contribution in [0.2, 0.25) is 0 Å². The molecule has 0 aliphatic carbocycles. The molecular formula is C30H30F3N7O2. The topological polar surface area (TPSA) is 97.6 Å². The first-order valence-corrected chi connectivity index (χ1v) is 13.6. The molecule has 1 fully saturated rings. The molecular weight excluding hydrogens is 547 g/mol. The summed E-state index contributed by atoms with van der Waals surface area (Å²) in [7, 11) is 1.40. The normalized spacial score (nSPS) is 15.6. The van der Waals surface area contributed by atoms with E-state index < -0.39 is 17.6 Å². The minimum Gasteiger partial charge on any atom is -0.494 e. The number of hydrogen-bond donors (Lipinski definition) is 4. The van der Waals surface area contributed by atoms with Gasteiger partial charge in [-0.15, -0.1) is 5.53 Å². The first kappa shape index (κ1) is 27.6. The molecule has 0 atom stereocenters. The van der Waals surface area contributed by atoms with Crippen molar-refractivity contribution < 1.29 is 22.7 Å². The van der Waals surface area contributed by atoms with Crippen LogP contribution in [-0.2, 0) is 12.7 Å². The largest absolute Gasteiger partial charge is 0.494 e. The van der Waals surface area contributed by atoms with Crippen LogP contribution >= 0.6 is 0 Å². The van der Waals surface area contributed by atoms with Gasteiger partial charge in [0.15, 0.2) is 0 Å². The molecule has 0 radical (unpaired) electrons. The van der Waals surface area contributed by atoms with Crippen molar-refractivity contribution in [3.05, 3.63) is 88.9 Å². The lowest BCUT2D eigenvalue weighted by Crippen LogP contribution is -2.36. The van der Waals surface area contributed by atoms with Crippen molar-refractivity contribution in [3.63, 3.8) is 0 Å². The number of hydrazine groups is 2. The maximum Gasteiger partial charge on any atom is 0.416 e. The van der Waals surface area contributed by atoms with Crippen molar-refractivity contribution in [2.45, 2.75) is 32.5 Å². The molecule has 2 aromatic heterocycles. The molecule has 0 bridgehead atoms. The number of halogens is 3. The summed E-state index contributed by atoms with van der Waals surface area (Å²) in [6.07, 6.45) is 2.84. The van der Waals surface area contributed by atoms with Gasteiger partial charge in [-0.1, -0.05) is 6.07 Å². The molecule has 6 rings (SSSR count). The molecule has 2 aliphatic rings. The average molecular weight is 578 g/mol. The molecule has 4 heterocycles. The van der Waals surface area contributed by atoms with Gasteiger partial charge in [0.2, 0.25) is 0 Å². The molecule has 9 nitrogen and oxygen atoms in total. The summed E-state index contributed by atoms with van der Waals surface area (Å²) in [6.45, 7) is 3.82. The molecule has 12 heteroatoms. The Hall–Kier alpha value is -4.55. The maximum absolute atomic E-state index is 13.8. The fourth-order valence-corrected chi connectivity index (χ4v) is 5.37. The molecule has 0 spiro atoms. The van der Waals surface area contributed by atoms with Crippen molar-refractivity contribution in [3.8, 4) is 5.75 Å². The smallest absolute Gasteiger partial charge is 0.416 e. The first-order valence-electron chi connectivity index (χ1n) is 13.6. The summed E-state index contributed by atoms with van der Waals surface area (Å²) >= 11 is 0. The zero-order chi connectivity index (χ0) is 29.4. The number of nitrogens with zero attached hydrogens (tertiary/aromatic N) is 3. The molecule has 218 valence electrons. The monoisotopic (exact) mass is 577 g/mol. The van der Waals surface area contributed by atoms with Crippen molar-refractivity contribution in [2.24, 2.45) is 0 Å². The fourth-order valence-electron chi connectivity index (χ4n) is 5.37. The first-order chi connectivity index (χ1) is 20.2. The second kappa shape index (κ2) is 11.0. The number of carbonyl (C=O) groups is 1. The predicted molar refractivity (Wildman–Crippen MR) is 154 cm³/mol. The Morgan fingerprint density at radius 3 is 2.69 bits per heavy atom. The van der Waals surface area contributed by atoms with Gasteiger partial charge in [-0.25, -0.2) is 4.98 Å². The lowest BCUT2D eigenvalue weighted by molar-refractivity contribution is -0.137. The molecule has 1 amide bonds. The van der Waals surface area contributed by atoms with E-state index in [1.807, 2.05) is 31.5 Å². The standard InChI is InChI=1S/C30H30F3N7O2/c1-18-5-6-20(13-26(18)40-17-25(37-38-40)21-11-19-7-8-34-28(19)35-15-21)29(41)36-24-14-23(30(31,32)33)12-22(27(24)42-2)16-39-9-3-4-10-39/h5-8,11-15,17,37-38H,3-4,9-10,16H2,1-2H3,(H,34,35)(H,36,41). The number of fused-ring (bicyclic) bond motifs is 1. The summed E-state index contributed by atoms with van der Waals surface area (Å²) in [4.78, 5) is 23.0. The van der Waals surface area contributed by atoms with Crippen molar-refractivity contribution >= 4 is 34.0 Å². The number of pyridine rings is 1. The third-order valence-corrected chi connectivity index (χ3v) is 7.55. The summed E-state index contributed by atoms with van der Waals surface area (Å²) in [5.41, 5.74) is 9.99. The van der Waals surface area contributed by atoms with Gasteiger partial charge >= 0.3 is 6.18 Å². The molecule has 4 N–H and O–H groups in total. The Kier molecular flexibility index (Phi) is 7.25. The van der Waals surface area contributed by atoms with E-state index in [9.17, 15) is 18.0 Å². The van der Waals surface area contributed by atoms with E-state index in [-0.39, 0.29) is 17.0 Å². The second-order valence-electron chi connectivity index (χ2n) is 10.4. The number of aromatic amines is 1. The van der Waals surface area contributed by atoms with Gasteiger partial charge in [-0.3, -0.25) is 14.7 Å². The van der Waals surface area contributed by atoms with E-state index in [2.05, 4.69) is 31.1 Å². The average Bonchev–Trinajstić information content (AvgIpc) is 3.74. The number of H-pyrrole nitrogens is 1. The third-order valence-electron chi connectivity index (χ3n) is 7.55. The van der Waals surface area contributed by atoms with Crippen LogP contribution in [0.5, 0.6) is 5.75 Å². The highest BCUT2D eigenvalue weighted by atomic mass is 19.4. The molecule has 1 saturated heterocycles. The van der Waals surface area contributed by atoms with Crippen LogP contribution in [0, 0.1) is 6.92 Å². The Morgan fingerprint density at radius 2 is 1.93 bits per heavy atom. The van der Waals surface area contributed by atoms with Crippen molar-refractivity contribution in [2.75, 3.05) is 30.5 Å². The van der Waals surface area contributed by atoms with Crippen LogP contribution in [0.25, 0.3) is 16.7 Å². The van der Waals surface area contributed by atoms with Gasteiger partial charge in [0.25, 0.3) is 5.91 Å². The minimum absolute atomic E-state index is 0.0237. The molecule has 2 aliphatic heterocycles. The summed E-state index contributed by atoms with van der Waals surface area (Å²) < 4.78 is 47.1. The van der Waals surface area contributed by atoms with E-state index in [1.54, 1.807) is 29.4 Å². The molecule has 0 saturated carbocycles. The quantitative estimate of drug-likeness (QED) is 0.228. The van der Waals surface area contributed by atoms with E-state index in [0.717, 1.165) is 65.9 Å². The summed E-state index contributed by atoms with van der Waals surface area (Å²) in [5.74, 6) is -0.332. The number of aryl methyl sites for hydroxylation is 1. The number of rotatable bonds is 7. The number of ether oxygens (including phenoxy) is 1. The van der Waals surface area contributed by atoms with Gasteiger partial charge in [0.05, 0.1) is 29.7 Å². The second-order valence-corrected chi connectivity index (χ2v) is 10.4. The summed E-state index contributed by atoms with van der Waals surface area (Å²) in [6, 6.07) is 11.1. The highest BCUT2D eigenvalue weighted by Gasteiger charge is 2.33. The number of carbonyl (C=O) groups excluding carboxylic acids is 1. The molecule has 42 heavy (non-hydrogen) atoms. The highest BCUT2D eigenvalue weighted by molar-refractivity contribution is 6.06. The van der Waals surface area contributed by atoms with Gasteiger partial charge < -0.3 is 20.5 Å². The zero-order valence-electron chi connectivity index (χ0n) is 23.1. The number of amides is 1. The Morgan fingerprint density at radius 1 is 1.12 bits per heavy atom. The predicted octanol–water partition coefficient (Wildman–Crippen LogP) is 5.57. The number of alkyl halides is 3. The van der Waals surface area contributed by atoms with Gasteiger partial charge in [0.1, 0.15) is 11.4 Å². The van der Waals surface area contributed by atoms with E-state index in [0.29, 0.717) is 17.8 Å². The Bertz CT molecular complexity index is 1680. The number of nitrogens with one attached hydrogen (secondary N) is 4. The Labute approximate surface area is 240 Å². The number of methoxy groups -OCH3 is 1. The number of benzene rings is 2.